The lowest BCUT2D eigenvalue weighted by molar-refractivity contribution is 0.0950. The maximum absolute atomic E-state index is 12.9. The van der Waals surface area contributed by atoms with E-state index in [2.05, 4.69) is 18.2 Å². The van der Waals surface area contributed by atoms with E-state index in [1.807, 2.05) is 31.2 Å². The number of benzene rings is 2. The van der Waals surface area contributed by atoms with E-state index in [0.29, 0.717) is 0 Å². The first-order chi connectivity index (χ1) is 10.2. The molecule has 0 heterocycles. The van der Waals surface area contributed by atoms with Crippen molar-refractivity contribution in [2.24, 2.45) is 0 Å². The molecule has 2 heteroatoms. The number of rotatable bonds is 3. The van der Waals surface area contributed by atoms with Crippen molar-refractivity contribution in [3.63, 3.8) is 0 Å². The van der Waals surface area contributed by atoms with Crippen molar-refractivity contribution >= 4 is 5.78 Å². The van der Waals surface area contributed by atoms with Gasteiger partial charge < -0.3 is 4.74 Å². The molecule has 0 aromatic heterocycles. The summed E-state index contributed by atoms with van der Waals surface area (Å²) >= 11 is 0. The van der Waals surface area contributed by atoms with Crippen LogP contribution < -0.4 is 4.74 Å². The second-order valence-corrected chi connectivity index (χ2v) is 5.69. The molecule has 0 fully saturated rings. The first kappa shape index (κ1) is 13.9. The highest BCUT2D eigenvalue weighted by Gasteiger charge is 2.27. The second-order valence-electron chi connectivity index (χ2n) is 5.69. The highest BCUT2D eigenvalue weighted by molar-refractivity contribution is 6.02. The third-order valence-corrected chi connectivity index (χ3v) is 4.38. The lowest BCUT2D eigenvalue weighted by atomic mass is 9.78. The van der Waals surface area contributed by atoms with Crippen molar-refractivity contribution in [3.8, 4) is 5.75 Å². The zero-order chi connectivity index (χ0) is 14.8. The normalized spacial score (nSPS) is 17.1. The molecule has 0 saturated heterocycles. The van der Waals surface area contributed by atoms with Gasteiger partial charge in [0.25, 0.3) is 0 Å². The van der Waals surface area contributed by atoms with E-state index < -0.39 is 0 Å². The lowest BCUT2D eigenvalue weighted by Crippen LogP contribution is -2.19. The lowest BCUT2D eigenvalue weighted by Gasteiger charge is -2.25. The van der Waals surface area contributed by atoms with E-state index in [1.54, 1.807) is 7.11 Å². The zero-order valence-electron chi connectivity index (χ0n) is 12.6. The van der Waals surface area contributed by atoms with Crippen LogP contribution in [-0.4, -0.2) is 12.9 Å². The van der Waals surface area contributed by atoms with Crippen molar-refractivity contribution in [1.82, 2.24) is 0 Å². The van der Waals surface area contributed by atoms with E-state index in [1.165, 1.54) is 11.1 Å². The molecule has 2 nitrogen and oxygen atoms in total. The summed E-state index contributed by atoms with van der Waals surface area (Å²) in [6.07, 6.45) is 3.12. The van der Waals surface area contributed by atoms with Gasteiger partial charge in [0.15, 0.2) is 5.78 Å². The smallest absolute Gasteiger partial charge is 0.170 e. The van der Waals surface area contributed by atoms with E-state index >= 15 is 0 Å². The maximum Gasteiger partial charge on any atom is 0.170 e. The molecule has 0 bridgehead atoms. The summed E-state index contributed by atoms with van der Waals surface area (Å²) in [5, 5.41) is 0. The van der Waals surface area contributed by atoms with Crippen LogP contribution in [0, 0.1) is 6.92 Å². The third kappa shape index (κ3) is 2.58. The summed E-state index contributed by atoms with van der Waals surface area (Å²) in [7, 11) is 1.65. The third-order valence-electron chi connectivity index (χ3n) is 4.38. The molecule has 0 amide bonds. The van der Waals surface area contributed by atoms with Crippen molar-refractivity contribution in [3.05, 3.63) is 64.7 Å². The number of Topliss-reactive ketones (excluding diaryl/α,β-unsaturated/α-hetero) is 1. The fraction of sp³-hybridized carbons (Fsp3) is 0.316. The molecule has 1 aliphatic rings. The van der Waals surface area contributed by atoms with Crippen LogP contribution in [0.1, 0.15) is 45.8 Å². The number of hydrogen-bond acceptors (Lipinski definition) is 2. The van der Waals surface area contributed by atoms with Crippen LogP contribution in [0.3, 0.4) is 0 Å². The molecule has 0 spiro atoms. The molecule has 1 unspecified atom stereocenters. The van der Waals surface area contributed by atoms with Gasteiger partial charge in [-0.15, -0.1) is 0 Å². The molecule has 0 radical (unpaired) electrons. The van der Waals surface area contributed by atoms with E-state index in [-0.39, 0.29) is 11.7 Å². The first-order valence-electron chi connectivity index (χ1n) is 7.47. The number of hydrogen-bond donors (Lipinski definition) is 0. The van der Waals surface area contributed by atoms with E-state index in [9.17, 15) is 4.79 Å². The van der Waals surface area contributed by atoms with Gasteiger partial charge in [0.1, 0.15) is 5.75 Å². The molecule has 1 aliphatic carbocycles. The maximum atomic E-state index is 12.9. The monoisotopic (exact) mass is 280 g/mol. The minimum Gasteiger partial charge on any atom is -0.497 e. The molecule has 108 valence electrons. The van der Waals surface area contributed by atoms with Crippen LogP contribution in [0.2, 0.25) is 0 Å². The Morgan fingerprint density at radius 1 is 1.19 bits per heavy atom. The first-order valence-corrected chi connectivity index (χ1v) is 7.47. The molecule has 0 aliphatic heterocycles. The Morgan fingerprint density at radius 2 is 2.00 bits per heavy atom. The van der Waals surface area contributed by atoms with Gasteiger partial charge >= 0.3 is 0 Å². The molecule has 0 N–H and O–H groups in total. The minimum atomic E-state index is 0.00189. The molecule has 3 rings (SSSR count). The van der Waals surface area contributed by atoms with Crippen LogP contribution >= 0.6 is 0 Å². The van der Waals surface area contributed by atoms with Gasteiger partial charge in [-0.1, -0.05) is 24.3 Å². The fourth-order valence-electron chi connectivity index (χ4n) is 3.25. The van der Waals surface area contributed by atoms with Gasteiger partial charge in [-0.2, -0.15) is 0 Å². The summed E-state index contributed by atoms with van der Waals surface area (Å²) < 4.78 is 5.22. The molecule has 1 atom stereocenters. The number of carbonyl (C=O) groups is 1. The Morgan fingerprint density at radius 3 is 2.76 bits per heavy atom. The molecule has 21 heavy (non-hydrogen) atoms. The van der Waals surface area contributed by atoms with Gasteiger partial charge in [0.2, 0.25) is 0 Å². The molecule has 2 aromatic carbocycles. The van der Waals surface area contributed by atoms with Crippen molar-refractivity contribution in [1.29, 1.82) is 0 Å². The number of ether oxygens (including phenoxy) is 1. The minimum absolute atomic E-state index is 0.00189. The Labute approximate surface area is 125 Å². The molecule has 0 saturated carbocycles. The second kappa shape index (κ2) is 5.72. The van der Waals surface area contributed by atoms with Crippen LogP contribution in [0.15, 0.2) is 42.5 Å². The van der Waals surface area contributed by atoms with E-state index in [4.69, 9.17) is 4.74 Å². The highest BCUT2D eigenvalue weighted by atomic mass is 16.5. The summed E-state index contributed by atoms with van der Waals surface area (Å²) in [6.45, 7) is 1.98. The largest absolute Gasteiger partial charge is 0.497 e. The summed E-state index contributed by atoms with van der Waals surface area (Å²) in [4.78, 5) is 12.9. The fourth-order valence-corrected chi connectivity index (χ4v) is 3.25. The molecule has 2 aromatic rings. The Hall–Kier alpha value is -2.09. The number of methoxy groups -OCH3 is 1. The van der Waals surface area contributed by atoms with Gasteiger partial charge in [-0.05, 0) is 61.1 Å². The van der Waals surface area contributed by atoms with Crippen molar-refractivity contribution in [2.45, 2.75) is 32.1 Å². The van der Waals surface area contributed by atoms with Crippen LogP contribution in [0.25, 0.3) is 0 Å². The number of fused-ring (bicyclic) bond motifs is 1. The summed E-state index contributed by atoms with van der Waals surface area (Å²) in [5.41, 5.74) is 4.34. The predicted octanol–water partition coefficient (Wildman–Crippen LogP) is 4.31. The average Bonchev–Trinajstić information content (AvgIpc) is 2.53. The summed E-state index contributed by atoms with van der Waals surface area (Å²) in [5.74, 6) is 1.04. The van der Waals surface area contributed by atoms with Gasteiger partial charge in [0.05, 0.1) is 7.11 Å². The van der Waals surface area contributed by atoms with Crippen molar-refractivity contribution in [2.75, 3.05) is 7.11 Å². The number of aryl methyl sites for hydroxylation is 2. The molecular formula is C19H20O2. The Bertz CT molecular complexity index is 673. The SMILES string of the molecule is COc1ccc(C(=O)C2CCCc3ccccc32)c(C)c1. The zero-order valence-corrected chi connectivity index (χ0v) is 12.6. The summed E-state index contributed by atoms with van der Waals surface area (Å²) in [6, 6.07) is 14.0. The Balaban J connectivity index is 1.97. The highest BCUT2D eigenvalue weighted by Crippen LogP contribution is 2.35. The number of ketones is 1. The van der Waals surface area contributed by atoms with Gasteiger partial charge in [-0.3, -0.25) is 4.79 Å². The van der Waals surface area contributed by atoms with Gasteiger partial charge in [0, 0.05) is 11.5 Å². The van der Waals surface area contributed by atoms with Crippen LogP contribution in [-0.2, 0) is 6.42 Å². The molecular weight excluding hydrogens is 260 g/mol. The topological polar surface area (TPSA) is 26.3 Å². The standard InChI is InChI=1S/C19H20O2/c1-13-12-15(21-2)10-11-16(13)19(20)18-9-5-7-14-6-3-4-8-17(14)18/h3-4,6,8,10-12,18H,5,7,9H2,1-2H3. The van der Waals surface area contributed by atoms with Crippen LogP contribution in [0.5, 0.6) is 5.75 Å². The van der Waals surface area contributed by atoms with Gasteiger partial charge in [-0.25, -0.2) is 0 Å². The number of carbonyl (C=O) groups excluding carboxylic acids is 1. The average molecular weight is 280 g/mol. The van der Waals surface area contributed by atoms with Crippen molar-refractivity contribution < 1.29 is 9.53 Å². The quantitative estimate of drug-likeness (QED) is 0.783. The van der Waals surface area contributed by atoms with Crippen LogP contribution in [0.4, 0.5) is 0 Å². The predicted molar refractivity (Wildman–Crippen MR) is 84.2 cm³/mol. The van der Waals surface area contributed by atoms with E-state index in [0.717, 1.165) is 36.1 Å². The Kier molecular flexibility index (Phi) is 3.78.